The Kier molecular flexibility index (Phi) is 3.23. The second-order valence-corrected chi connectivity index (χ2v) is 2.91. The Labute approximate surface area is 81.9 Å². The average molecular weight is 193 g/mol. The number of nitrogens with two attached hydrogens (primary N) is 1. The molecule has 0 bridgehead atoms. The topological polar surface area (TPSA) is 61.9 Å². The Hall–Kier alpha value is -1.84. The molecule has 1 aromatic rings. The van der Waals surface area contributed by atoms with Gasteiger partial charge in [0.2, 0.25) is 0 Å². The van der Waals surface area contributed by atoms with Crippen LogP contribution in [0.15, 0.2) is 36.0 Å². The van der Waals surface area contributed by atoms with Crippen molar-refractivity contribution in [3.05, 3.63) is 41.9 Å². The van der Waals surface area contributed by atoms with Crippen molar-refractivity contribution in [2.24, 2.45) is 5.73 Å². The van der Waals surface area contributed by atoms with Gasteiger partial charge in [-0.15, -0.1) is 0 Å². The van der Waals surface area contributed by atoms with E-state index in [1.54, 1.807) is 19.1 Å². The molecule has 0 radical (unpaired) electrons. The second kappa shape index (κ2) is 4.41. The molecule has 0 saturated carbocycles. The molecule has 3 nitrogen and oxygen atoms in total. The lowest BCUT2D eigenvalue weighted by Crippen LogP contribution is -2.08. The van der Waals surface area contributed by atoms with E-state index in [1.807, 2.05) is 0 Å². The molecule has 0 spiro atoms. The molecule has 0 saturated heterocycles. The van der Waals surface area contributed by atoms with E-state index in [9.17, 15) is 4.39 Å². The van der Waals surface area contributed by atoms with E-state index < -0.39 is 0 Å². The smallest absolute Gasteiger partial charge is 0.123 e. The van der Waals surface area contributed by atoms with Crippen molar-refractivity contribution in [1.82, 2.24) is 0 Å². The number of hydrogen-bond donors (Lipinski definition) is 3. The quantitative estimate of drug-likeness (QED) is 0.508. The highest BCUT2D eigenvalue weighted by Crippen LogP contribution is 2.10. The van der Waals surface area contributed by atoms with Gasteiger partial charge in [0, 0.05) is 11.4 Å². The summed E-state index contributed by atoms with van der Waals surface area (Å²) in [5.41, 5.74) is 6.68. The summed E-state index contributed by atoms with van der Waals surface area (Å²) in [5, 5.41) is 10.0. The van der Waals surface area contributed by atoms with E-state index in [4.69, 9.17) is 11.1 Å². The zero-order valence-corrected chi connectivity index (χ0v) is 7.84. The normalized spacial score (nSPS) is 11.1. The highest BCUT2D eigenvalue weighted by Gasteiger charge is 1.93. The van der Waals surface area contributed by atoms with Crippen LogP contribution in [0.5, 0.6) is 0 Å². The molecule has 4 heteroatoms. The summed E-state index contributed by atoms with van der Waals surface area (Å²) in [5.74, 6) is -0.291. The van der Waals surface area contributed by atoms with Gasteiger partial charge in [-0.2, -0.15) is 0 Å². The minimum atomic E-state index is -0.274. The number of halogens is 1. The molecular formula is C10H12FN3. The molecule has 1 aromatic carbocycles. The molecule has 0 atom stereocenters. The van der Waals surface area contributed by atoms with E-state index >= 15 is 0 Å². The summed E-state index contributed by atoms with van der Waals surface area (Å²) >= 11 is 0. The fourth-order valence-corrected chi connectivity index (χ4v) is 1.03. The Bertz CT molecular complexity index is 354. The average Bonchev–Trinajstić information content (AvgIpc) is 2.07. The van der Waals surface area contributed by atoms with Gasteiger partial charge in [0.25, 0.3) is 0 Å². The van der Waals surface area contributed by atoms with Crippen LogP contribution >= 0.6 is 0 Å². The number of anilines is 1. The van der Waals surface area contributed by atoms with Crippen LogP contribution in [0, 0.1) is 11.2 Å². The maximum atomic E-state index is 12.5. The molecule has 0 aliphatic rings. The Morgan fingerprint density at radius 3 is 2.50 bits per heavy atom. The highest BCUT2D eigenvalue weighted by atomic mass is 19.1. The lowest BCUT2D eigenvalue weighted by Gasteiger charge is -2.05. The van der Waals surface area contributed by atoms with Crippen LogP contribution in [0.3, 0.4) is 0 Å². The van der Waals surface area contributed by atoms with Gasteiger partial charge in [0.15, 0.2) is 0 Å². The molecular weight excluding hydrogens is 181 g/mol. The van der Waals surface area contributed by atoms with Crippen LogP contribution in [0.2, 0.25) is 0 Å². The van der Waals surface area contributed by atoms with Crippen LogP contribution in [-0.2, 0) is 0 Å². The van der Waals surface area contributed by atoms with Gasteiger partial charge in [-0.25, -0.2) is 4.39 Å². The van der Waals surface area contributed by atoms with Gasteiger partial charge in [-0.1, -0.05) is 0 Å². The van der Waals surface area contributed by atoms with E-state index in [-0.39, 0.29) is 11.7 Å². The van der Waals surface area contributed by atoms with E-state index in [1.165, 1.54) is 18.2 Å². The number of hydrogen-bond acceptors (Lipinski definition) is 2. The lowest BCUT2D eigenvalue weighted by molar-refractivity contribution is 0.628. The molecule has 74 valence electrons. The predicted molar refractivity (Wildman–Crippen MR) is 55.7 cm³/mol. The van der Waals surface area contributed by atoms with E-state index in [0.29, 0.717) is 0 Å². The first-order valence-electron chi connectivity index (χ1n) is 4.13. The zero-order chi connectivity index (χ0) is 10.6. The summed E-state index contributed by atoms with van der Waals surface area (Å²) in [4.78, 5) is 0. The SMILES string of the molecule is C/C(=C/C(=N)N)Nc1ccc(F)cc1. The van der Waals surface area contributed by atoms with Crippen LogP contribution < -0.4 is 11.1 Å². The first kappa shape index (κ1) is 10.2. The Morgan fingerprint density at radius 1 is 1.43 bits per heavy atom. The summed E-state index contributed by atoms with van der Waals surface area (Å²) in [6, 6.07) is 5.96. The molecule has 0 amide bonds. The minimum Gasteiger partial charge on any atom is -0.384 e. The molecule has 0 fully saturated rings. The number of rotatable bonds is 3. The van der Waals surface area contributed by atoms with Crippen molar-refractivity contribution in [3.63, 3.8) is 0 Å². The third kappa shape index (κ3) is 3.26. The van der Waals surface area contributed by atoms with Gasteiger partial charge in [0.05, 0.1) is 0 Å². The third-order valence-electron chi connectivity index (χ3n) is 1.56. The summed E-state index contributed by atoms with van der Waals surface area (Å²) < 4.78 is 12.5. The van der Waals surface area contributed by atoms with Gasteiger partial charge in [0.1, 0.15) is 11.7 Å². The number of amidine groups is 1. The summed E-state index contributed by atoms with van der Waals surface area (Å²) in [7, 11) is 0. The van der Waals surface area contributed by atoms with Crippen molar-refractivity contribution >= 4 is 11.5 Å². The van der Waals surface area contributed by atoms with Crippen molar-refractivity contribution in [3.8, 4) is 0 Å². The van der Waals surface area contributed by atoms with Crippen molar-refractivity contribution in [2.45, 2.75) is 6.92 Å². The molecule has 0 aliphatic heterocycles. The Balaban J connectivity index is 2.69. The zero-order valence-electron chi connectivity index (χ0n) is 7.84. The van der Waals surface area contributed by atoms with Crippen molar-refractivity contribution in [1.29, 1.82) is 5.41 Å². The van der Waals surface area contributed by atoms with Gasteiger partial charge in [-0.05, 0) is 37.3 Å². The van der Waals surface area contributed by atoms with E-state index in [2.05, 4.69) is 5.32 Å². The first-order chi connectivity index (χ1) is 6.58. The van der Waals surface area contributed by atoms with E-state index in [0.717, 1.165) is 11.4 Å². The maximum Gasteiger partial charge on any atom is 0.123 e. The molecule has 4 N–H and O–H groups in total. The molecule has 0 aliphatic carbocycles. The standard InChI is InChI=1S/C10H12FN3/c1-7(6-10(12)13)14-9-4-2-8(11)3-5-9/h2-6,14H,1H3,(H3,12,13)/b7-6-. The summed E-state index contributed by atoms with van der Waals surface area (Å²) in [6.07, 6.45) is 1.49. The molecule has 0 aromatic heterocycles. The predicted octanol–water partition coefficient (Wildman–Crippen LogP) is 2.08. The van der Waals surface area contributed by atoms with Crippen LogP contribution in [0.25, 0.3) is 0 Å². The monoisotopic (exact) mass is 193 g/mol. The molecule has 0 unspecified atom stereocenters. The van der Waals surface area contributed by atoms with Gasteiger partial charge >= 0.3 is 0 Å². The van der Waals surface area contributed by atoms with Crippen LogP contribution in [0.4, 0.5) is 10.1 Å². The van der Waals surface area contributed by atoms with Crippen molar-refractivity contribution in [2.75, 3.05) is 5.32 Å². The number of nitrogens with one attached hydrogen (secondary N) is 2. The molecule has 14 heavy (non-hydrogen) atoms. The Morgan fingerprint density at radius 2 is 2.00 bits per heavy atom. The van der Waals surface area contributed by atoms with Crippen LogP contribution in [-0.4, -0.2) is 5.84 Å². The summed E-state index contributed by atoms with van der Waals surface area (Å²) in [6.45, 7) is 1.78. The number of benzene rings is 1. The molecule has 1 rings (SSSR count). The second-order valence-electron chi connectivity index (χ2n) is 2.91. The van der Waals surface area contributed by atoms with Gasteiger partial charge < -0.3 is 11.1 Å². The maximum absolute atomic E-state index is 12.5. The van der Waals surface area contributed by atoms with Crippen LogP contribution in [0.1, 0.15) is 6.92 Å². The van der Waals surface area contributed by atoms with Gasteiger partial charge in [-0.3, -0.25) is 5.41 Å². The minimum absolute atomic E-state index is 0.0166. The largest absolute Gasteiger partial charge is 0.384 e. The fourth-order valence-electron chi connectivity index (χ4n) is 1.03. The number of allylic oxidation sites excluding steroid dienone is 1. The third-order valence-corrected chi connectivity index (χ3v) is 1.56. The fraction of sp³-hybridized carbons (Fsp3) is 0.100. The molecule has 0 heterocycles. The van der Waals surface area contributed by atoms with Crippen molar-refractivity contribution < 1.29 is 4.39 Å². The first-order valence-corrected chi connectivity index (χ1v) is 4.13. The lowest BCUT2D eigenvalue weighted by atomic mass is 10.3. The highest BCUT2D eigenvalue weighted by molar-refractivity contribution is 5.89.